The van der Waals surface area contributed by atoms with Gasteiger partial charge < -0.3 is 9.29 Å². The molecule has 1 aromatic rings. The first-order chi connectivity index (χ1) is 13.3. The maximum Gasteiger partial charge on any atom is 0.385 e. The Labute approximate surface area is 168 Å². The van der Waals surface area contributed by atoms with Gasteiger partial charge in [-0.2, -0.15) is 12.7 Å². The first-order valence-electron chi connectivity index (χ1n) is 10.5. The summed E-state index contributed by atoms with van der Waals surface area (Å²) in [6.07, 6.45) is 6.98. The lowest BCUT2D eigenvalue weighted by molar-refractivity contribution is 0.0267. The molecule has 3 aliphatic carbocycles. The van der Waals surface area contributed by atoms with Crippen LogP contribution in [0.4, 0.5) is 0 Å². The molecule has 1 aromatic carbocycles. The summed E-state index contributed by atoms with van der Waals surface area (Å²) < 4.78 is 31.5. The molecule has 2 saturated carbocycles. The van der Waals surface area contributed by atoms with Gasteiger partial charge in [0.2, 0.25) is 0 Å². The predicted octanol–water partition coefficient (Wildman–Crippen LogP) is 3.79. The van der Waals surface area contributed by atoms with Crippen molar-refractivity contribution in [2.75, 3.05) is 13.1 Å². The van der Waals surface area contributed by atoms with Gasteiger partial charge in [0.25, 0.3) is 0 Å². The molecule has 0 aromatic heterocycles. The SMILES string of the molecule is CCN(CC)S(=O)(=O)Oc1ccc2c(c1)CC=C1[C@@H]2CC[C@]2(C)[C@@H](O)CC[C@@H]12. The number of aliphatic hydroxyl groups excluding tert-OH is 1. The normalized spacial score (nSPS) is 31.8. The van der Waals surface area contributed by atoms with Crippen LogP contribution in [-0.4, -0.2) is 37.0 Å². The van der Waals surface area contributed by atoms with Crippen LogP contribution in [-0.2, 0) is 16.7 Å². The van der Waals surface area contributed by atoms with E-state index in [1.54, 1.807) is 19.9 Å². The Morgan fingerprint density at radius 2 is 1.96 bits per heavy atom. The van der Waals surface area contributed by atoms with E-state index in [2.05, 4.69) is 13.0 Å². The molecule has 0 unspecified atom stereocenters. The van der Waals surface area contributed by atoms with Crippen LogP contribution in [0.3, 0.4) is 0 Å². The van der Waals surface area contributed by atoms with Crippen LogP contribution in [0, 0.1) is 11.3 Å². The second-order valence-corrected chi connectivity index (χ2v) is 10.2. The Bertz CT molecular complexity index is 890. The van der Waals surface area contributed by atoms with Crippen molar-refractivity contribution < 1.29 is 17.7 Å². The Balaban J connectivity index is 1.59. The molecule has 0 radical (unpaired) electrons. The van der Waals surface area contributed by atoms with Gasteiger partial charge in [-0.25, -0.2) is 0 Å². The molecule has 4 atom stereocenters. The summed E-state index contributed by atoms with van der Waals surface area (Å²) in [4.78, 5) is 0. The molecule has 0 aliphatic heterocycles. The number of nitrogens with zero attached hydrogens (tertiary/aromatic N) is 1. The average molecular weight is 406 g/mol. The summed E-state index contributed by atoms with van der Waals surface area (Å²) in [5.74, 6) is 1.24. The van der Waals surface area contributed by atoms with Crippen molar-refractivity contribution in [2.45, 2.75) is 64.9 Å². The lowest BCUT2D eigenvalue weighted by Crippen LogP contribution is -2.39. The number of benzene rings is 1. The van der Waals surface area contributed by atoms with Crippen LogP contribution in [0.25, 0.3) is 0 Å². The molecular weight excluding hydrogens is 374 g/mol. The quantitative estimate of drug-likeness (QED) is 0.757. The minimum atomic E-state index is -3.76. The predicted molar refractivity (Wildman–Crippen MR) is 110 cm³/mol. The lowest BCUT2D eigenvalue weighted by Gasteiger charge is -2.46. The third-order valence-corrected chi connectivity index (χ3v) is 8.89. The van der Waals surface area contributed by atoms with Crippen molar-refractivity contribution in [3.05, 3.63) is 41.0 Å². The molecular formula is C22H31NO4S. The van der Waals surface area contributed by atoms with Crippen LogP contribution in [0.2, 0.25) is 0 Å². The van der Waals surface area contributed by atoms with Crippen molar-refractivity contribution in [2.24, 2.45) is 11.3 Å². The highest BCUT2D eigenvalue weighted by Crippen LogP contribution is 2.59. The van der Waals surface area contributed by atoms with Crippen molar-refractivity contribution in [3.8, 4) is 5.75 Å². The molecule has 0 spiro atoms. The topological polar surface area (TPSA) is 66.8 Å². The standard InChI is InChI=1S/C22H31NO4S/c1-4-23(5-2)28(25,26)27-16-7-9-17-15(14-16)6-8-19-18(17)12-13-22(3)20(19)10-11-21(22)24/h7-9,14,18,20-21,24H,4-6,10-13H2,1-3H3/t18-,20+,21+,22+/m1/s1. The molecule has 0 saturated heterocycles. The largest absolute Gasteiger partial charge is 0.393 e. The Morgan fingerprint density at radius 3 is 2.68 bits per heavy atom. The number of fused-ring (bicyclic) bond motifs is 5. The molecule has 154 valence electrons. The fourth-order valence-electron chi connectivity index (χ4n) is 5.68. The van der Waals surface area contributed by atoms with E-state index in [0.29, 0.717) is 30.7 Å². The Kier molecular flexibility index (Phi) is 5.09. The van der Waals surface area contributed by atoms with Gasteiger partial charge >= 0.3 is 10.3 Å². The second kappa shape index (κ2) is 7.15. The van der Waals surface area contributed by atoms with Crippen LogP contribution in [0.5, 0.6) is 5.75 Å². The van der Waals surface area contributed by atoms with Gasteiger partial charge in [0.1, 0.15) is 5.75 Å². The fourth-order valence-corrected chi connectivity index (χ4v) is 6.77. The number of rotatable bonds is 5. The van der Waals surface area contributed by atoms with E-state index in [9.17, 15) is 13.5 Å². The van der Waals surface area contributed by atoms with Gasteiger partial charge in [0.15, 0.2) is 0 Å². The third kappa shape index (κ3) is 3.10. The van der Waals surface area contributed by atoms with Crippen LogP contribution >= 0.6 is 0 Å². The van der Waals surface area contributed by atoms with Crippen LogP contribution in [0.1, 0.15) is 63.5 Å². The highest BCUT2D eigenvalue weighted by molar-refractivity contribution is 7.84. The second-order valence-electron chi connectivity index (χ2n) is 8.64. The highest BCUT2D eigenvalue weighted by Gasteiger charge is 2.51. The van der Waals surface area contributed by atoms with Crippen molar-refractivity contribution >= 4 is 10.3 Å². The Hall–Kier alpha value is -1.37. The van der Waals surface area contributed by atoms with E-state index in [4.69, 9.17) is 4.18 Å². The molecule has 1 N–H and O–H groups in total. The maximum absolute atomic E-state index is 12.4. The van der Waals surface area contributed by atoms with Crippen molar-refractivity contribution in [1.82, 2.24) is 4.31 Å². The van der Waals surface area contributed by atoms with Gasteiger partial charge in [-0.3, -0.25) is 0 Å². The maximum atomic E-state index is 12.4. The van der Waals surface area contributed by atoms with Gasteiger partial charge in [0.05, 0.1) is 6.10 Å². The zero-order valence-electron chi connectivity index (χ0n) is 17.0. The molecule has 0 bridgehead atoms. The number of aliphatic hydroxyl groups is 1. The zero-order chi connectivity index (χ0) is 20.1. The van der Waals surface area contributed by atoms with Crippen LogP contribution in [0.15, 0.2) is 29.8 Å². The molecule has 5 nitrogen and oxygen atoms in total. The minimum Gasteiger partial charge on any atom is -0.393 e. The number of allylic oxidation sites excluding steroid dienone is 2. The molecule has 2 fully saturated rings. The zero-order valence-corrected chi connectivity index (χ0v) is 17.8. The molecule has 0 heterocycles. The minimum absolute atomic E-state index is 0.0146. The van der Waals surface area contributed by atoms with Crippen LogP contribution < -0.4 is 4.18 Å². The van der Waals surface area contributed by atoms with E-state index < -0.39 is 10.3 Å². The first kappa shape index (κ1) is 19.9. The Morgan fingerprint density at radius 1 is 1.21 bits per heavy atom. The summed E-state index contributed by atoms with van der Waals surface area (Å²) >= 11 is 0. The summed E-state index contributed by atoms with van der Waals surface area (Å²) in [7, 11) is -3.76. The lowest BCUT2D eigenvalue weighted by atomic mass is 9.59. The number of hydrogen-bond donors (Lipinski definition) is 1. The summed E-state index contributed by atoms with van der Waals surface area (Å²) in [6.45, 7) is 6.64. The van der Waals surface area contributed by atoms with Crippen molar-refractivity contribution in [1.29, 1.82) is 0 Å². The van der Waals surface area contributed by atoms with E-state index in [1.807, 2.05) is 12.1 Å². The summed E-state index contributed by atoms with van der Waals surface area (Å²) in [5.41, 5.74) is 3.96. The number of hydrogen-bond acceptors (Lipinski definition) is 4. The van der Waals surface area contributed by atoms with E-state index in [-0.39, 0.29) is 11.5 Å². The van der Waals surface area contributed by atoms with Gasteiger partial charge in [0, 0.05) is 24.4 Å². The molecule has 0 amide bonds. The van der Waals surface area contributed by atoms with Crippen molar-refractivity contribution in [3.63, 3.8) is 0 Å². The molecule has 3 aliphatic rings. The fraction of sp³-hybridized carbons (Fsp3) is 0.636. The van der Waals surface area contributed by atoms with E-state index in [1.165, 1.54) is 15.4 Å². The molecule has 28 heavy (non-hydrogen) atoms. The first-order valence-corrected chi connectivity index (χ1v) is 11.9. The summed E-state index contributed by atoms with van der Waals surface area (Å²) in [6, 6.07) is 5.73. The van der Waals surface area contributed by atoms with Gasteiger partial charge in [-0.1, -0.05) is 38.5 Å². The monoisotopic (exact) mass is 405 g/mol. The van der Waals surface area contributed by atoms with Gasteiger partial charge in [-0.15, -0.1) is 0 Å². The third-order valence-electron chi connectivity index (χ3n) is 7.33. The molecule has 6 heteroatoms. The van der Waals surface area contributed by atoms with E-state index >= 15 is 0 Å². The highest BCUT2D eigenvalue weighted by atomic mass is 32.2. The van der Waals surface area contributed by atoms with E-state index in [0.717, 1.165) is 37.7 Å². The average Bonchev–Trinajstić information content (AvgIpc) is 2.96. The van der Waals surface area contributed by atoms with Gasteiger partial charge in [-0.05, 0) is 61.3 Å². The smallest absolute Gasteiger partial charge is 0.385 e. The summed E-state index contributed by atoms with van der Waals surface area (Å²) in [5, 5.41) is 10.5. The molecule has 4 rings (SSSR count).